The van der Waals surface area contributed by atoms with Crippen molar-refractivity contribution >= 4 is 17.3 Å². The summed E-state index contributed by atoms with van der Waals surface area (Å²) in [6, 6.07) is 8.25. The van der Waals surface area contributed by atoms with Gasteiger partial charge in [-0.2, -0.15) is 0 Å². The molecule has 26 heavy (non-hydrogen) atoms. The second-order valence-corrected chi connectivity index (χ2v) is 7.14. The quantitative estimate of drug-likeness (QED) is 0.517. The highest BCUT2D eigenvalue weighted by Crippen LogP contribution is 2.17. The van der Waals surface area contributed by atoms with Crippen molar-refractivity contribution in [3.8, 4) is 5.69 Å². The molecule has 0 amide bonds. The molecule has 7 heteroatoms. The number of nitrogens with zero attached hydrogens (tertiary/aromatic N) is 4. The third-order valence-electron chi connectivity index (χ3n) is 4.01. The third kappa shape index (κ3) is 4.49. The number of imidazole rings is 1. The molecule has 0 bridgehead atoms. The zero-order valence-electron chi connectivity index (χ0n) is 15.3. The van der Waals surface area contributed by atoms with E-state index in [1.165, 1.54) is 5.56 Å². The SMILES string of the molecule is CN=C(NCc1nc(C(C)C)cs1)NCc1ccccc1-n1ccnc1. The Hall–Kier alpha value is -2.67. The molecule has 2 N–H and O–H groups in total. The number of rotatable bonds is 6. The minimum atomic E-state index is 0.456. The number of hydrogen-bond acceptors (Lipinski definition) is 4. The van der Waals surface area contributed by atoms with E-state index in [2.05, 4.69) is 57.0 Å². The van der Waals surface area contributed by atoms with Crippen LogP contribution in [0.15, 0.2) is 53.4 Å². The van der Waals surface area contributed by atoms with Crippen LogP contribution in [-0.4, -0.2) is 27.5 Å². The average Bonchev–Trinajstić information content (AvgIpc) is 3.34. The number of para-hydroxylation sites is 1. The normalized spacial score (nSPS) is 11.8. The van der Waals surface area contributed by atoms with Gasteiger partial charge in [0.05, 0.1) is 24.3 Å². The number of hydrogen-bond donors (Lipinski definition) is 2. The number of nitrogens with one attached hydrogen (secondary N) is 2. The molecule has 2 heterocycles. The molecule has 3 aromatic rings. The van der Waals surface area contributed by atoms with Crippen LogP contribution >= 0.6 is 11.3 Å². The maximum Gasteiger partial charge on any atom is 0.191 e. The molecule has 1 aromatic carbocycles. The largest absolute Gasteiger partial charge is 0.352 e. The summed E-state index contributed by atoms with van der Waals surface area (Å²) in [6.45, 7) is 5.65. The van der Waals surface area contributed by atoms with Crippen LogP contribution in [0.5, 0.6) is 0 Å². The lowest BCUT2D eigenvalue weighted by atomic mass is 10.1. The molecular weight excluding hydrogens is 344 g/mol. The van der Waals surface area contributed by atoms with Crippen molar-refractivity contribution < 1.29 is 0 Å². The van der Waals surface area contributed by atoms with E-state index < -0.39 is 0 Å². The monoisotopic (exact) mass is 368 g/mol. The fraction of sp³-hybridized carbons (Fsp3) is 0.316. The number of benzene rings is 1. The molecule has 0 saturated heterocycles. The van der Waals surface area contributed by atoms with Gasteiger partial charge in [-0.15, -0.1) is 11.3 Å². The fourth-order valence-corrected chi connectivity index (χ4v) is 3.44. The fourth-order valence-electron chi connectivity index (χ4n) is 2.54. The molecule has 0 fully saturated rings. The van der Waals surface area contributed by atoms with E-state index in [0.717, 1.165) is 22.3 Å². The van der Waals surface area contributed by atoms with Gasteiger partial charge < -0.3 is 15.2 Å². The van der Waals surface area contributed by atoms with Crippen molar-refractivity contribution in [2.45, 2.75) is 32.9 Å². The second kappa shape index (κ2) is 8.62. The number of aromatic nitrogens is 3. The van der Waals surface area contributed by atoms with Gasteiger partial charge in [-0.3, -0.25) is 4.99 Å². The molecule has 0 aliphatic rings. The van der Waals surface area contributed by atoms with Gasteiger partial charge in [-0.25, -0.2) is 9.97 Å². The Kier molecular flexibility index (Phi) is 6.01. The number of aliphatic imine (C=N–C) groups is 1. The van der Waals surface area contributed by atoms with Crippen LogP contribution in [0, 0.1) is 0 Å². The molecule has 0 aliphatic carbocycles. The van der Waals surface area contributed by atoms with Gasteiger partial charge in [-0.05, 0) is 17.5 Å². The molecule has 0 unspecified atom stereocenters. The van der Waals surface area contributed by atoms with E-state index in [4.69, 9.17) is 0 Å². The summed E-state index contributed by atoms with van der Waals surface area (Å²) in [7, 11) is 1.78. The lowest BCUT2D eigenvalue weighted by Crippen LogP contribution is -2.36. The highest BCUT2D eigenvalue weighted by molar-refractivity contribution is 7.09. The summed E-state index contributed by atoms with van der Waals surface area (Å²) >= 11 is 1.68. The Labute approximate surface area is 158 Å². The molecular formula is C19H24N6S. The third-order valence-corrected chi connectivity index (χ3v) is 4.88. The van der Waals surface area contributed by atoms with Crippen molar-refractivity contribution in [1.29, 1.82) is 0 Å². The van der Waals surface area contributed by atoms with Gasteiger partial charge in [0.25, 0.3) is 0 Å². The summed E-state index contributed by atoms with van der Waals surface area (Å²) < 4.78 is 2.01. The molecule has 2 aromatic heterocycles. The first-order valence-corrected chi connectivity index (χ1v) is 9.50. The van der Waals surface area contributed by atoms with Crippen molar-refractivity contribution in [2.75, 3.05) is 7.05 Å². The molecule has 0 spiro atoms. The zero-order chi connectivity index (χ0) is 18.4. The molecule has 6 nitrogen and oxygen atoms in total. The summed E-state index contributed by atoms with van der Waals surface area (Å²) in [6.07, 6.45) is 5.53. The summed E-state index contributed by atoms with van der Waals surface area (Å²) in [5, 5.41) is 9.89. The van der Waals surface area contributed by atoms with E-state index in [0.29, 0.717) is 19.0 Å². The van der Waals surface area contributed by atoms with Crippen LogP contribution in [-0.2, 0) is 13.1 Å². The number of thiazole rings is 1. The lowest BCUT2D eigenvalue weighted by Gasteiger charge is -2.14. The Balaban J connectivity index is 1.59. The Morgan fingerprint density at radius 2 is 2.04 bits per heavy atom. The first kappa shape index (κ1) is 18.1. The van der Waals surface area contributed by atoms with E-state index >= 15 is 0 Å². The molecule has 136 valence electrons. The predicted octanol–water partition coefficient (Wildman–Crippen LogP) is 3.32. The van der Waals surface area contributed by atoms with Gasteiger partial charge in [0, 0.05) is 31.4 Å². The highest BCUT2D eigenvalue weighted by Gasteiger charge is 2.08. The van der Waals surface area contributed by atoms with Crippen molar-refractivity contribution in [2.24, 2.45) is 4.99 Å². The lowest BCUT2D eigenvalue weighted by molar-refractivity contribution is 0.783. The topological polar surface area (TPSA) is 67.1 Å². The average molecular weight is 369 g/mol. The maximum atomic E-state index is 4.65. The highest BCUT2D eigenvalue weighted by atomic mass is 32.1. The molecule has 0 aliphatic heterocycles. The van der Waals surface area contributed by atoms with Gasteiger partial charge in [0.2, 0.25) is 0 Å². The van der Waals surface area contributed by atoms with Crippen LogP contribution < -0.4 is 10.6 Å². The summed E-state index contributed by atoms with van der Waals surface area (Å²) in [5.41, 5.74) is 3.42. The second-order valence-electron chi connectivity index (χ2n) is 6.20. The van der Waals surface area contributed by atoms with Crippen molar-refractivity contribution in [3.63, 3.8) is 0 Å². The van der Waals surface area contributed by atoms with E-state index in [-0.39, 0.29) is 0 Å². The van der Waals surface area contributed by atoms with Crippen molar-refractivity contribution in [3.05, 3.63) is 64.6 Å². The molecule has 0 atom stereocenters. The van der Waals surface area contributed by atoms with Crippen molar-refractivity contribution in [1.82, 2.24) is 25.2 Å². The minimum absolute atomic E-state index is 0.456. The van der Waals surface area contributed by atoms with Gasteiger partial charge in [0.15, 0.2) is 5.96 Å². The molecule has 3 rings (SSSR count). The smallest absolute Gasteiger partial charge is 0.191 e. The van der Waals surface area contributed by atoms with Gasteiger partial charge in [0.1, 0.15) is 5.01 Å². The van der Waals surface area contributed by atoms with Crippen LogP contribution in [0.25, 0.3) is 5.69 Å². The van der Waals surface area contributed by atoms with Gasteiger partial charge >= 0.3 is 0 Å². The number of guanidine groups is 1. The van der Waals surface area contributed by atoms with Crippen LogP contribution in [0.3, 0.4) is 0 Å². The summed E-state index contributed by atoms with van der Waals surface area (Å²) in [5.74, 6) is 1.21. The van der Waals surface area contributed by atoms with E-state index in [9.17, 15) is 0 Å². The Morgan fingerprint density at radius 3 is 2.73 bits per heavy atom. The van der Waals surface area contributed by atoms with E-state index in [1.54, 1.807) is 30.9 Å². The first-order valence-electron chi connectivity index (χ1n) is 8.62. The standard InChI is InChI=1S/C19H24N6S/c1-14(2)16-12-26-18(24-16)11-23-19(20-3)22-10-15-6-4-5-7-17(15)25-9-8-21-13-25/h4-9,12-14H,10-11H2,1-3H3,(H2,20,22,23). The Morgan fingerprint density at radius 1 is 1.23 bits per heavy atom. The van der Waals surface area contributed by atoms with Gasteiger partial charge in [-0.1, -0.05) is 32.0 Å². The minimum Gasteiger partial charge on any atom is -0.352 e. The molecule has 0 saturated carbocycles. The van der Waals surface area contributed by atoms with E-state index in [1.807, 2.05) is 22.9 Å². The molecule has 0 radical (unpaired) electrons. The maximum absolute atomic E-state index is 4.65. The summed E-state index contributed by atoms with van der Waals surface area (Å²) in [4.78, 5) is 13.1. The van der Waals surface area contributed by atoms with Crippen LogP contribution in [0.1, 0.15) is 36.0 Å². The predicted molar refractivity (Wildman–Crippen MR) is 107 cm³/mol. The zero-order valence-corrected chi connectivity index (χ0v) is 16.1. The van der Waals surface area contributed by atoms with Crippen LogP contribution in [0.2, 0.25) is 0 Å². The van der Waals surface area contributed by atoms with Crippen LogP contribution in [0.4, 0.5) is 0 Å². The first-order chi connectivity index (χ1) is 12.7. The Bertz CT molecular complexity index is 851.